The van der Waals surface area contributed by atoms with Gasteiger partial charge in [0.2, 0.25) is 0 Å². The maximum Gasteiger partial charge on any atom is 0.0142 e. The van der Waals surface area contributed by atoms with Crippen LogP contribution in [0.3, 0.4) is 0 Å². The Morgan fingerprint density at radius 2 is 2.00 bits per heavy atom. The van der Waals surface area contributed by atoms with Crippen molar-refractivity contribution in [2.45, 2.75) is 25.3 Å². The Kier molecular flexibility index (Phi) is 4.57. The standard InChI is InChI=1S/C15H24N2/c1-17(2)15-10-11-16-12-14(15)9-8-13-6-4-3-5-7-13/h3-7,14-16H,8-12H2,1-2H3. The van der Waals surface area contributed by atoms with Gasteiger partial charge in [-0.3, -0.25) is 0 Å². The molecular formula is C15H24N2. The van der Waals surface area contributed by atoms with E-state index in [1.54, 1.807) is 0 Å². The quantitative estimate of drug-likeness (QED) is 0.856. The highest BCUT2D eigenvalue weighted by atomic mass is 15.1. The minimum atomic E-state index is 0.750. The second-order valence-electron chi connectivity index (χ2n) is 5.31. The zero-order valence-electron chi connectivity index (χ0n) is 11.0. The number of nitrogens with one attached hydrogen (secondary N) is 1. The van der Waals surface area contributed by atoms with E-state index in [1.165, 1.54) is 37.9 Å². The van der Waals surface area contributed by atoms with E-state index in [4.69, 9.17) is 0 Å². The molecule has 1 aromatic carbocycles. The van der Waals surface area contributed by atoms with Gasteiger partial charge in [-0.15, -0.1) is 0 Å². The molecule has 0 radical (unpaired) electrons. The SMILES string of the molecule is CN(C)C1CCNCC1CCc1ccccc1. The van der Waals surface area contributed by atoms with Crippen molar-refractivity contribution in [2.75, 3.05) is 27.2 Å². The van der Waals surface area contributed by atoms with Gasteiger partial charge in [-0.05, 0) is 57.9 Å². The van der Waals surface area contributed by atoms with Crippen LogP contribution in [0.5, 0.6) is 0 Å². The van der Waals surface area contributed by atoms with Gasteiger partial charge < -0.3 is 10.2 Å². The van der Waals surface area contributed by atoms with Gasteiger partial charge in [0, 0.05) is 6.04 Å². The van der Waals surface area contributed by atoms with E-state index in [0.717, 1.165) is 12.0 Å². The molecule has 1 aromatic rings. The Hall–Kier alpha value is -0.860. The van der Waals surface area contributed by atoms with Crippen molar-refractivity contribution >= 4 is 0 Å². The normalized spacial score (nSPS) is 25.1. The molecule has 0 saturated carbocycles. The summed E-state index contributed by atoms with van der Waals surface area (Å²) in [6, 6.07) is 11.6. The third-order valence-electron chi connectivity index (χ3n) is 3.88. The molecular weight excluding hydrogens is 208 g/mol. The second kappa shape index (κ2) is 6.18. The van der Waals surface area contributed by atoms with Gasteiger partial charge in [0.15, 0.2) is 0 Å². The average Bonchev–Trinajstić information content (AvgIpc) is 2.38. The molecule has 1 aliphatic heterocycles. The molecule has 1 fully saturated rings. The van der Waals surface area contributed by atoms with Crippen LogP contribution in [0.15, 0.2) is 30.3 Å². The van der Waals surface area contributed by atoms with E-state index in [0.29, 0.717) is 0 Å². The number of hydrogen-bond donors (Lipinski definition) is 1. The molecule has 2 nitrogen and oxygen atoms in total. The molecule has 2 unspecified atom stereocenters. The monoisotopic (exact) mass is 232 g/mol. The molecule has 17 heavy (non-hydrogen) atoms. The van der Waals surface area contributed by atoms with Gasteiger partial charge >= 0.3 is 0 Å². The topological polar surface area (TPSA) is 15.3 Å². The first-order valence-corrected chi connectivity index (χ1v) is 6.68. The summed E-state index contributed by atoms with van der Waals surface area (Å²) in [6.45, 7) is 2.35. The van der Waals surface area contributed by atoms with Crippen LogP contribution in [0.1, 0.15) is 18.4 Å². The van der Waals surface area contributed by atoms with Crippen molar-refractivity contribution in [3.8, 4) is 0 Å². The lowest BCUT2D eigenvalue weighted by atomic mass is 9.87. The predicted molar refractivity (Wildman–Crippen MR) is 73.2 cm³/mol. The highest BCUT2D eigenvalue weighted by molar-refractivity contribution is 5.14. The summed E-state index contributed by atoms with van der Waals surface area (Å²) in [5.41, 5.74) is 1.47. The maximum atomic E-state index is 3.53. The molecule has 0 aliphatic carbocycles. The number of rotatable bonds is 4. The first kappa shape index (κ1) is 12.6. The largest absolute Gasteiger partial charge is 0.316 e. The lowest BCUT2D eigenvalue weighted by molar-refractivity contribution is 0.159. The summed E-state index contributed by atoms with van der Waals surface area (Å²) in [6.07, 6.45) is 3.78. The summed E-state index contributed by atoms with van der Waals surface area (Å²) in [5, 5.41) is 3.53. The third kappa shape index (κ3) is 3.55. The molecule has 1 N–H and O–H groups in total. The Balaban J connectivity index is 1.88. The minimum absolute atomic E-state index is 0.750. The Morgan fingerprint density at radius 3 is 2.71 bits per heavy atom. The molecule has 0 aromatic heterocycles. The summed E-state index contributed by atoms with van der Waals surface area (Å²) >= 11 is 0. The first-order chi connectivity index (χ1) is 8.27. The Morgan fingerprint density at radius 1 is 1.24 bits per heavy atom. The van der Waals surface area contributed by atoms with Crippen molar-refractivity contribution in [3.05, 3.63) is 35.9 Å². The summed E-state index contributed by atoms with van der Waals surface area (Å²) in [7, 11) is 4.43. The van der Waals surface area contributed by atoms with Gasteiger partial charge in [-0.2, -0.15) is 0 Å². The molecule has 94 valence electrons. The summed E-state index contributed by atoms with van der Waals surface area (Å²) in [5.74, 6) is 0.791. The van der Waals surface area contributed by atoms with Crippen molar-refractivity contribution in [1.82, 2.24) is 10.2 Å². The van der Waals surface area contributed by atoms with Crippen LogP contribution in [0.25, 0.3) is 0 Å². The third-order valence-corrected chi connectivity index (χ3v) is 3.88. The van der Waals surface area contributed by atoms with E-state index in [-0.39, 0.29) is 0 Å². The van der Waals surface area contributed by atoms with E-state index in [1.807, 2.05) is 0 Å². The molecule has 0 amide bonds. The zero-order valence-corrected chi connectivity index (χ0v) is 11.0. The van der Waals surface area contributed by atoms with E-state index < -0.39 is 0 Å². The highest BCUT2D eigenvalue weighted by Crippen LogP contribution is 2.21. The molecule has 1 saturated heterocycles. The number of aryl methyl sites for hydroxylation is 1. The first-order valence-electron chi connectivity index (χ1n) is 6.68. The van der Waals surface area contributed by atoms with Crippen LogP contribution in [-0.4, -0.2) is 38.1 Å². The fraction of sp³-hybridized carbons (Fsp3) is 0.600. The fourth-order valence-electron chi connectivity index (χ4n) is 2.88. The molecule has 1 heterocycles. The van der Waals surface area contributed by atoms with E-state index in [9.17, 15) is 0 Å². The number of benzene rings is 1. The van der Waals surface area contributed by atoms with Gasteiger partial charge in [-0.1, -0.05) is 30.3 Å². The van der Waals surface area contributed by atoms with Crippen LogP contribution in [0.2, 0.25) is 0 Å². The summed E-state index contributed by atoms with van der Waals surface area (Å²) in [4.78, 5) is 2.40. The highest BCUT2D eigenvalue weighted by Gasteiger charge is 2.25. The molecule has 2 atom stereocenters. The van der Waals surface area contributed by atoms with Gasteiger partial charge in [0.1, 0.15) is 0 Å². The van der Waals surface area contributed by atoms with Crippen LogP contribution >= 0.6 is 0 Å². The van der Waals surface area contributed by atoms with E-state index >= 15 is 0 Å². The molecule has 0 spiro atoms. The molecule has 1 aliphatic rings. The van der Waals surface area contributed by atoms with Crippen LogP contribution in [0.4, 0.5) is 0 Å². The van der Waals surface area contributed by atoms with Crippen LogP contribution in [-0.2, 0) is 6.42 Å². The predicted octanol–water partition coefficient (Wildman–Crippen LogP) is 2.16. The van der Waals surface area contributed by atoms with Gasteiger partial charge in [0.25, 0.3) is 0 Å². The van der Waals surface area contributed by atoms with Crippen molar-refractivity contribution in [2.24, 2.45) is 5.92 Å². The van der Waals surface area contributed by atoms with Crippen LogP contribution in [0, 0.1) is 5.92 Å². The lowest BCUT2D eigenvalue weighted by Gasteiger charge is -2.36. The minimum Gasteiger partial charge on any atom is -0.316 e. The number of piperidine rings is 1. The van der Waals surface area contributed by atoms with Crippen molar-refractivity contribution in [3.63, 3.8) is 0 Å². The maximum absolute atomic E-state index is 3.53. The van der Waals surface area contributed by atoms with Crippen molar-refractivity contribution < 1.29 is 0 Å². The smallest absolute Gasteiger partial charge is 0.0142 e. The van der Waals surface area contributed by atoms with E-state index in [2.05, 4.69) is 54.6 Å². The second-order valence-corrected chi connectivity index (χ2v) is 5.31. The fourth-order valence-corrected chi connectivity index (χ4v) is 2.88. The average molecular weight is 232 g/mol. The van der Waals surface area contributed by atoms with Gasteiger partial charge in [0.05, 0.1) is 0 Å². The van der Waals surface area contributed by atoms with Gasteiger partial charge in [-0.25, -0.2) is 0 Å². The lowest BCUT2D eigenvalue weighted by Crippen LogP contribution is -2.47. The Bertz CT molecular complexity index is 321. The number of hydrogen-bond acceptors (Lipinski definition) is 2. The zero-order chi connectivity index (χ0) is 12.1. The van der Waals surface area contributed by atoms with Crippen LogP contribution < -0.4 is 5.32 Å². The summed E-state index contributed by atoms with van der Waals surface area (Å²) < 4.78 is 0. The van der Waals surface area contributed by atoms with Crippen molar-refractivity contribution in [1.29, 1.82) is 0 Å². The molecule has 0 bridgehead atoms. The molecule has 2 heteroatoms. The molecule has 2 rings (SSSR count). The Labute approximate surface area is 105 Å². The number of nitrogens with zero attached hydrogens (tertiary/aromatic N) is 1.